The molecule has 0 saturated carbocycles. The standard InChI is InChI=1S/C16H22FN3/c1-4-15-10-16(20(5-2)19-15)11-18-12(3)13-7-6-8-14(17)9-13/h6-10,12,18H,4-5,11H2,1-3H3. The van der Waals surface area contributed by atoms with Gasteiger partial charge < -0.3 is 5.32 Å². The van der Waals surface area contributed by atoms with Crippen molar-refractivity contribution >= 4 is 0 Å². The summed E-state index contributed by atoms with van der Waals surface area (Å²) in [6, 6.07) is 8.97. The molecular weight excluding hydrogens is 253 g/mol. The van der Waals surface area contributed by atoms with Gasteiger partial charge in [-0.25, -0.2) is 4.39 Å². The van der Waals surface area contributed by atoms with E-state index in [1.54, 1.807) is 12.1 Å². The average molecular weight is 275 g/mol. The molecule has 1 heterocycles. The number of rotatable bonds is 6. The third kappa shape index (κ3) is 3.45. The topological polar surface area (TPSA) is 29.9 Å². The lowest BCUT2D eigenvalue weighted by atomic mass is 10.1. The molecule has 2 rings (SSSR count). The summed E-state index contributed by atoms with van der Waals surface area (Å²) < 4.78 is 15.2. The van der Waals surface area contributed by atoms with Gasteiger partial charge in [0, 0.05) is 19.1 Å². The van der Waals surface area contributed by atoms with Crippen LogP contribution in [0.1, 0.15) is 43.8 Å². The van der Waals surface area contributed by atoms with Crippen LogP contribution in [0.2, 0.25) is 0 Å². The summed E-state index contributed by atoms with van der Waals surface area (Å²) in [6.07, 6.45) is 0.944. The summed E-state index contributed by atoms with van der Waals surface area (Å²) in [7, 11) is 0. The van der Waals surface area contributed by atoms with E-state index in [0.717, 1.165) is 30.8 Å². The highest BCUT2D eigenvalue weighted by molar-refractivity contribution is 5.20. The molecule has 0 saturated heterocycles. The maximum absolute atomic E-state index is 13.2. The molecule has 0 radical (unpaired) electrons. The van der Waals surface area contributed by atoms with Crippen LogP contribution in [0, 0.1) is 5.82 Å². The number of halogens is 1. The molecule has 0 amide bonds. The zero-order chi connectivity index (χ0) is 14.5. The molecule has 20 heavy (non-hydrogen) atoms. The first-order valence-electron chi connectivity index (χ1n) is 7.18. The Balaban J connectivity index is 2.03. The number of aromatic nitrogens is 2. The minimum atomic E-state index is -0.192. The summed E-state index contributed by atoms with van der Waals surface area (Å²) in [5.74, 6) is -0.192. The second kappa shape index (κ2) is 6.66. The Morgan fingerprint density at radius 2 is 2.10 bits per heavy atom. The van der Waals surface area contributed by atoms with E-state index in [1.165, 1.54) is 11.8 Å². The highest BCUT2D eigenvalue weighted by Crippen LogP contribution is 2.14. The fourth-order valence-corrected chi connectivity index (χ4v) is 2.26. The van der Waals surface area contributed by atoms with Crippen molar-refractivity contribution in [2.45, 2.75) is 46.3 Å². The first-order valence-corrected chi connectivity index (χ1v) is 7.18. The molecule has 1 N–H and O–H groups in total. The average Bonchev–Trinajstić information content (AvgIpc) is 2.87. The van der Waals surface area contributed by atoms with E-state index < -0.39 is 0 Å². The number of aryl methyl sites for hydroxylation is 2. The monoisotopic (exact) mass is 275 g/mol. The van der Waals surface area contributed by atoms with Gasteiger partial charge >= 0.3 is 0 Å². The van der Waals surface area contributed by atoms with Crippen molar-refractivity contribution in [1.29, 1.82) is 0 Å². The van der Waals surface area contributed by atoms with Crippen molar-refractivity contribution in [2.24, 2.45) is 0 Å². The Labute approximate surface area is 119 Å². The van der Waals surface area contributed by atoms with E-state index in [2.05, 4.69) is 30.3 Å². The van der Waals surface area contributed by atoms with Crippen LogP contribution in [0.5, 0.6) is 0 Å². The lowest BCUT2D eigenvalue weighted by molar-refractivity contribution is 0.527. The second-order valence-electron chi connectivity index (χ2n) is 4.95. The number of hydrogen-bond acceptors (Lipinski definition) is 2. The molecule has 0 spiro atoms. The molecule has 1 atom stereocenters. The predicted octanol–water partition coefficient (Wildman–Crippen LogP) is 3.46. The first kappa shape index (κ1) is 14.7. The van der Waals surface area contributed by atoms with Crippen LogP contribution in [-0.2, 0) is 19.5 Å². The lowest BCUT2D eigenvalue weighted by Crippen LogP contribution is -2.20. The molecule has 2 aromatic rings. The van der Waals surface area contributed by atoms with Crippen LogP contribution in [-0.4, -0.2) is 9.78 Å². The van der Waals surface area contributed by atoms with Crippen LogP contribution < -0.4 is 5.32 Å². The van der Waals surface area contributed by atoms with Gasteiger partial charge in [-0.3, -0.25) is 4.68 Å². The maximum Gasteiger partial charge on any atom is 0.123 e. The molecule has 1 aromatic heterocycles. The predicted molar refractivity (Wildman–Crippen MR) is 78.9 cm³/mol. The number of hydrogen-bond donors (Lipinski definition) is 1. The van der Waals surface area contributed by atoms with E-state index in [0.29, 0.717) is 0 Å². The van der Waals surface area contributed by atoms with Crippen LogP contribution >= 0.6 is 0 Å². The summed E-state index contributed by atoms with van der Waals surface area (Å²) in [5.41, 5.74) is 3.25. The van der Waals surface area contributed by atoms with Crippen molar-refractivity contribution in [3.63, 3.8) is 0 Å². The third-order valence-electron chi connectivity index (χ3n) is 3.51. The summed E-state index contributed by atoms with van der Waals surface area (Å²) in [5, 5.41) is 7.96. The molecular formula is C16H22FN3. The van der Waals surface area contributed by atoms with Crippen LogP contribution in [0.25, 0.3) is 0 Å². The molecule has 108 valence electrons. The molecule has 0 aliphatic rings. The minimum Gasteiger partial charge on any atom is -0.305 e. The van der Waals surface area contributed by atoms with E-state index in [1.807, 2.05) is 17.7 Å². The van der Waals surface area contributed by atoms with Gasteiger partial charge in [-0.1, -0.05) is 19.1 Å². The van der Waals surface area contributed by atoms with E-state index >= 15 is 0 Å². The van der Waals surface area contributed by atoms with Crippen molar-refractivity contribution < 1.29 is 4.39 Å². The Kier molecular flexibility index (Phi) is 4.90. The van der Waals surface area contributed by atoms with Gasteiger partial charge in [-0.05, 0) is 44.0 Å². The SMILES string of the molecule is CCc1cc(CNC(C)c2cccc(F)c2)n(CC)n1. The van der Waals surface area contributed by atoms with Crippen molar-refractivity contribution in [3.8, 4) is 0 Å². The van der Waals surface area contributed by atoms with Crippen molar-refractivity contribution in [2.75, 3.05) is 0 Å². The van der Waals surface area contributed by atoms with E-state index in [-0.39, 0.29) is 11.9 Å². The van der Waals surface area contributed by atoms with Gasteiger partial charge in [0.2, 0.25) is 0 Å². The summed E-state index contributed by atoms with van der Waals surface area (Å²) in [4.78, 5) is 0. The molecule has 4 heteroatoms. The van der Waals surface area contributed by atoms with Gasteiger partial charge in [0.15, 0.2) is 0 Å². The van der Waals surface area contributed by atoms with Crippen molar-refractivity contribution in [1.82, 2.24) is 15.1 Å². The van der Waals surface area contributed by atoms with Crippen LogP contribution in [0.15, 0.2) is 30.3 Å². The van der Waals surface area contributed by atoms with Gasteiger partial charge in [-0.15, -0.1) is 0 Å². The molecule has 0 bridgehead atoms. The normalized spacial score (nSPS) is 12.6. The van der Waals surface area contributed by atoms with E-state index in [9.17, 15) is 4.39 Å². The summed E-state index contributed by atoms with van der Waals surface area (Å²) >= 11 is 0. The third-order valence-corrected chi connectivity index (χ3v) is 3.51. The maximum atomic E-state index is 13.2. The molecule has 1 aromatic carbocycles. The van der Waals surface area contributed by atoms with Gasteiger partial charge in [0.05, 0.1) is 11.4 Å². The fraction of sp³-hybridized carbons (Fsp3) is 0.438. The number of nitrogens with zero attached hydrogens (tertiary/aromatic N) is 2. The highest BCUT2D eigenvalue weighted by Gasteiger charge is 2.09. The first-order chi connectivity index (χ1) is 9.63. The molecule has 0 fully saturated rings. The number of nitrogens with one attached hydrogen (secondary N) is 1. The van der Waals surface area contributed by atoms with Crippen molar-refractivity contribution in [3.05, 3.63) is 53.1 Å². The largest absolute Gasteiger partial charge is 0.305 e. The van der Waals surface area contributed by atoms with Crippen LogP contribution in [0.3, 0.4) is 0 Å². The smallest absolute Gasteiger partial charge is 0.123 e. The lowest BCUT2D eigenvalue weighted by Gasteiger charge is -2.14. The quantitative estimate of drug-likeness (QED) is 0.875. The molecule has 0 aliphatic carbocycles. The summed E-state index contributed by atoms with van der Waals surface area (Å²) in [6.45, 7) is 7.84. The Morgan fingerprint density at radius 3 is 2.75 bits per heavy atom. The second-order valence-corrected chi connectivity index (χ2v) is 4.95. The Hall–Kier alpha value is -1.68. The molecule has 0 aliphatic heterocycles. The Bertz CT molecular complexity index is 563. The van der Waals surface area contributed by atoms with Crippen LogP contribution in [0.4, 0.5) is 4.39 Å². The van der Waals surface area contributed by atoms with Gasteiger partial charge in [0.25, 0.3) is 0 Å². The highest BCUT2D eigenvalue weighted by atomic mass is 19.1. The van der Waals surface area contributed by atoms with E-state index in [4.69, 9.17) is 0 Å². The zero-order valence-corrected chi connectivity index (χ0v) is 12.4. The molecule has 1 unspecified atom stereocenters. The van der Waals surface area contributed by atoms with Gasteiger partial charge in [-0.2, -0.15) is 5.10 Å². The number of benzene rings is 1. The van der Waals surface area contributed by atoms with Gasteiger partial charge in [0.1, 0.15) is 5.82 Å². The Morgan fingerprint density at radius 1 is 1.30 bits per heavy atom. The fourth-order valence-electron chi connectivity index (χ4n) is 2.26. The minimum absolute atomic E-state index is 0.107. The molecule has 3 nitrogen and oxygen atoms in total. The zero-order valence-electron chi connectivity index (χ0n) is 12.4.